The fraction of sp³-hybridized carbons (Fsp3) is 0.150. The van der Waals surface area contributed by atoms with Gasteiger partial charge in [0.25, 0.3) is 0 Å². The molecule has 0 atom stereocenters. The normalized spacial score (nSPS) is 10.4. The number of ether oxygens (including phenoxy) is 1. The van der Waals surface area contributed by atoms with E-state index in [-0.39, 0.29) is 30.5 Å². The molecule has 2 N–H and O–H groups in total. The molecule has 0 fully saturated rings. The van der Waals surface area contributed by atoms with E-state index in [0.717, 1.165) is 11.1 Å². The molecule has 0 radical (unpaired) electrons. The number of aromatic nitrogens is 1. The molecule has 0 bridgehead atoms. The molecular weight excluding hydrogens is 381 g/mol. The van der Waals surface area contributed by atoms with Crippen molar-refractivity contribution in [1.29, 1.82) is 0 Å². The van der Waals surface area contributed by atoms with Gasteiger partial charge < -0.3 is 4.74 Å². The van der Waals surface area contributed by atoms with Crippen LogP contribution in [0.3, 0.4) is 0 Å². The first kappa shape index (κ1) is 19.5. The van der Waals surface area contributed by atoms with Crippen LogP contribution in [0.5, 0.6) is 5.75 Å². The predicted octanol–water partition coefficient (Wildman–Crippen LogP) is 2.89. The summed E-state index contributed by atoms with van der Waals surface area (Å²) in [5, 5.41) is 2.46. The monoisotopic (exact) mass is 399 g/mol. The molecule has 0 saturated carbocycles. The van der Waals surface area contributed by atoms with Crippen LogP contribution in [0.15, 0.2) is 53.9 Å². The maximum Gasteiger partial charge on any atom is 0.244 e. The van der Waals surface area contributed by atoms with Gasteiger partial charge in [-0.1, -0.05) is 12.1 Å². The lowest BCUT2D eigenvalue weighted by atomic mass is 10.1. The average Bonchev–Trinajstić information content (AvgIpc) is 3.16. The van der Waals surface area contributed by atoms with E-state index in [1.165, 1.54) is 23.5 Å². The molecule has 6 nitrogen and oxygen atoms in total. The molecule has 1 heterocycles. The number of nitrogens with zero attached hydrogens (tertiary/aromatic N) is 1. The average molecular weight is 399 g/mol. The molecule has 1 aromatic heterocycles. The van der Waals surface area contributed by atoms with Gasteiger partial charge in [-0.3, -0.25) is 20.4 Å². The number of carbonyl (C=O) groups excluding carboxylic acids is 2. The third-order valence-corrected chi connectivity index (χ3v) is 4.79. The molecule has 3 rings (SSSR count). The van der Waals surface area contributed by atoms with Crippen LogP contribution in [-0.4, -0.2) is 23.9 Å². The maximum absolute atomic E-state index is 13.0. The molecule has 0 aliphatic carbocycles. The summed E-state index contributed by atoms with van der Waals surface area (Å²) >= 11 is 1.37. The zero-order valence-corrected chi connectivity index (χ0v) is 15.9. The van der Waals surface area contributed by atoms with Gasteiger partial charge >= 0.3 is 0 Å². The summed E-state index contributed by atoms with van der Waals surface area (Å²) in [5.74, 6) is -0.311. The summed E-state index contributed by atoms with van der Waals surface area (Å²) in [6.45, 7) is 0. The van der Waals surface area contributed by atoms with Gasteiger partial charge in [0.1, 0.15) is 16.6 Å². The van der Waals surface area contributed by atoms with Gasteiger partial charge in [0.2, 0.25) is 11.8 Å². The molecule has 3 aromatic rings. The smallest absolute Gasteiger partial charge is 0.244 e. The summed E-state index contributed by atoms with van der Waals surface area (Å²) in [5.41, 5.74) is 6.93. The van der Waals surface area contributed by atoms with Crippen molar-refractivity contribution in [3.05, 3.63) is 71.0 Å². The van der Waals surface area contributed by atoms with Crippen LogP contribution in [-0.2, 0) is 22.4 Å². The van der Waals surface area contributed by atoms with Crippen LogP contribution in [0.1, 0.15) is 11.3 Å². The molecule has 0 aliphatic rings. The lowest BCUT2D eigenvalue weighted by molar-refractivity contribution is -0.128. The Labute approximate surface area is 165 Å². The minimum absolute atomic E-state index is 0.0283. The third kappa shape index (κ3) is 5.37. The number of rotatable bonds is 6. The highest BCUT2D eigenvalue weighted by Gasteiger charge is 2.11. The van der Waals surface area contributed by atoms with Crippen molar-refractivity contribution >= 4 is 23.2 Å². The molecule has 2 aromatic carbocycles. The highest BCUT2D eigenvalue weighted by atomic mass is 32.1. The van der Waals surface area contributed by atoms with E-state index in [1.807, 2.05) is 0 Å². The lowest BCUT2D eigenvalue weighted by Crippen LogP contribution is -2.43. The molecule has 0 aliphatic heterocycles. The number of thiazole rings is 1. The van der Waals surface area contributed by atoms with Crippen LogP contribution in [0.25, 0.3) is 10.6 Å². The molecule has 2 amide bonds. The Hall–Kier alpha value is -3.26. The van der Waals surface area contributed by atoms with Crippen LogP contribution in [0, 0.1) is 5.82 Å². The van der Waals surface area contributed by atoms with E-state index in [4.69, 9.17) is 4.74 Å². The minimum Gasteiger partial charge on any atom is -0.497 e. The minimum atomic E-state index is -0.376. The summed E-state index contributed by atoms with van der Waals surface area (Å²) in [6, 6.07) is 13.1. The van der Waals surface area contributed by atoms with Gasteiger partial charge in [-0.2, -0.15) is 0 Å². The predicted molar refractivity (Wildman–Crippen MR) is 104 cm³/mol. The van der Waals surface area contributed by atoms with Gasteiger partial charge in [-0.05, 0) is 42.0 Å². The van der Waals surface area contributed by atoms with Crippen LogP contribution < -0.4 is 15.6 Å². The molecule has 8 heteroatoms. The van der Waals surface area contributed by atoms with Crippen molar-refractivity contribution in [2.24, 2.45) is 0 Å². The number of carbonyl (C=O) groups is 2. The summed E-state index contributed by atoms with van der Waals surface area (Å²) in [4.78, 5) is 28.3. The Bertz CT molecular complexity index is 956. The van der Waals surface area contributed by atoms with Crippen molar-refractivity contribution in [2.75, 3.05) is 7.11 Å². The number of benzene rings is 2. The zero-order valence-electron chi connectivity index (χ0n) is 15.1. The fourth-order valence-corrected chi connectivity index (χ4v) is 3.26. The number of nitrogens with one attached hydrogen (secondary N) is 2. The summed E-state index contributed by atoms with van der Waals surface area (Å²) < 4.78 is 18.1. The van der Waals surface area contributed by atoms with Crippen LogP contribution in [0.2, 0.25) is 0 Å². The molecule has 0 unspecified atom stereocenters. The Morgan fingerprint density at radius 3 is 2.29 bits per heavy atom. The number of hydrazine groups is 1. The SMILES string of the molecule is COc1ccc(CC(=O)NNC(=O)Cc2csc(-c3ccc(F)cc3)n2)cc1. The number of hydrogen-bond donors (Lipinski definition) is 2. The highest BCUT2D eigenvalue weighted by molar-refractivity contribution is 7.13. The first-order valence-electron chi connectivity index (χ1n) is 8.44. The van der Waals surface area contributed by atoms with Gasteiger partial charge in [0.15, 0.2) is 0 Å². The van der Waals surface area contributed by atoms with Crippen molar-refractivity contribution in [2.45, 2.75) is 12.8 Å². The first-order valence-corrected chi connectivity index (χ1v) is 9.32. The van der Waals surface area contributed by atoms with E-state index in [9.17, 15) is 14.0 Å². The van der Waals surface area contributed by atoms with E-state index >= 15 is 0 Å². The highest BCUT2D eigenvalue weighted by Crippen LogP contribution is 2.24. The molecule has 144 valence electrons. The second-order valence-electron chi connectivity index (χ2n) is 5.95. The fourth-order valence-electron chi connectivity index (χ4n) is 2.43. The summed E-state index contributed by atoms with van der Waals surface area (Å²) in [7, 11) is 1.57. The molecule has 28 heavy (non-hydrogen) atoms. The van der Waals surface area contributed by atoms with Crippen molar-refractivity contribution in [3.8, 4) is 16.3 Å². The second kappa shape index (κ2) is 9.09. The Morgan fingerprint density at radius 1 is 1.00 bits per heavy atom. The van der Waals surface area contributed by atoms with Gasteiger partial charge in [-0.25, -0.2) is 9.37 Å². The van der Waals surface area contributed by atoms with E-state index in [1.54, 1.807) is 48.9 Å². The quantitative estimate of drug-likeness (QED) is 0.625. The number of halogens is 1. The molecular formula is C20H18FN3O3S. The first-order chi connectivity index (χ1) is 13.5. The summed E-state index contributed by atoms with van der Waals surface area (Å²) in [6.07, 6.45) is 0.163. The van der Waals surface area contributed by atoms with Crippen molar-refractivity contribution in [1.82, 2.24) is 15.8 Å². The van der Waals surface area contributed by atoms with Gasteiger partial charge in [0.05, 0.1) is 25.6 Å². The van der Waals surface area contributed by atoms with E-state index in [0.29, 0.717) is 16.5 Å². The van der Waals surface area contributed by atoms with Crippen LogP contribution >= 0.6 is 11.3 Å². The lowest BCUT2D eigenvalue weighted by Gasteiger charge is -2.07. The largest absolute Gasteiger partial charge is 0.497 e. The third-order valence-electron chi connectivity index (χ3n) is 3.85. The van der Waals surface area contributed by atoms with Crippen molar-refractivity contribution < 1.29 is 18.7 Å². The van der Waals surface area contributed by atoms with Gasteiger partial charge in [0, 0.05) is 10.9 Å². The van der Waals surface area contributed by atoms with Gasteiger partial charge in [-0.15, -0.1) is 11.3 Å². The Kier molecular flexibility index (Phi) is 6.33. The number of amides is 2. The van der Waals surface area contributed by atoms with Crippen molar-refractivity contribution in [3.63, 3.8) is 0 Å². The second-order valence-corrected chi connectivity index (χ2v) is 6.81. The zero-order chi connectivity index (χ0) is 19.9. The molecule has 0 saturated heterocycles. The number of methoxy groups -OCH3 is 1. The number of hydrogen-bond acceptors (Lipinski definition) is 5. The van der Waals surface area contributed by atoms with E-state index < -0.39 is 0 Å². The maximum atomic E-state index is 13.0. The van der Waals surface area contributed by atoms with E-state index in [2.05, 4.69) is 15.8 Å². The Balaban J connectivity index is 1.47. The topological polar surface area (TPSA) is 80.3 Å². The van der Waals surface area contributed by atoms with Crippen LogP contribution in [0.4, 0.5) is 4.39 Å². The standard InChI is InChI=1S/C20H18FN3O3S/c1-27-17-8-2-13(3-9-17)10-18(25)23-24-19(26)11-16-12-28-20(22-16)14-4-6-15(21)7-5-14/h2-9,12H,10-11H2,1H3,(H,23,25)(H,24,26). The molecule has 0 spiro atoms. The Morgan fingerprint density at radius 2 is 1.64 bits per heavy atom.